The van der Waals surface area contributed by atoms with Crippen LogP contribution >= 0.6 is 0 Å². The lowest BCUT2D eigenvalue weighted by Crippen LogP contribution is -2.41. The van der Waals surface area contributed by atoms with E-state index >= 15 is 0 Å². The molecular weight excluding hydrogens is 326 g/mol. The number of nitrogens with zero attached hydrogens (tertiary/aromatic N) is 5. The Balaban J connectivity index is 1.68. The average Bonchev–Trinajstić information content (AvgIpc) is 3.10. The molecule has 0 aromatic carbocycles. The van der Waals surface area contributed by atoms with Gasteiger partial charge in [-0.2, -0.15) is 5.10 Å². The molecule has 1 amide bonds. The molecule has 0 unspecified atom stereocenters. The summed E-state index contributed by atoms with van der Waals surface area (Å²) in [7, 11) is 0. The van der Waals surface area contributed by atoms with Gasteiger partial charge in [-0.1, -0.05) is 25.3 Å². The van der Waals surface area contributed by atoms with E-state index in [1.165, 1.54) is 19.3 Å². The van der Waals surface area contributed by atoms with E-state index in [0.717, 1.165) is 24.0 Å². The molecule has 3 aromatic rings. The molecule has 0 bridgehead atoms. The van der Waals surface area contributed by atoms with Gasteiger partial charge in [0, 0.05) is 37.4 Å². The molecule has 0 N–H and O–H groups in total. The standard InChI is InChI=1S/C20H23N5O/c1-15-10-22-19-18(12-23-25(19)13-15)20(26)24(17-7-3-2-4-8-17)14-16-6-5-9-21-11-16/h5-6,9-13,17H,2-4,7-8,14H2,1H3. The second-order valence-electron chi connectivity index (χ2n) is 7.04. The van der Waals surface area contributed by atoms with Crippen molar-refractivity contribution in [3.8, 4) is 0 Å². The predicted molar refractivity (Wildman–Crippen MR) is 98.7 cm³/mol. The molecule has 6 nitrogen and oxygen atoms in total. The van der Waals surface area contributed by atoms with E-state index in [1.807, 2.05) is 36.4 Å². The van der Waals surface area contributed by atoms with Crippen LogP contribution in [0.1, 0.15) is 53.6 Å². The number of aryl methyl sites for hydroxylation is 1. The summed E-state index contributed by atoms with van der Waals surface area (Å²) >= 11 is 0. The molecule has 0 spiro atoms. The Labute approximate surface area is 152 Å². The molecule has 3 heterocycles. The van der Waals surface area contributed by atoms with Crippen molar-refractivity contribution in [2.24, 2.45) is 0 Å². The van der Waals surface area contributed by atoms with Gasteiger partial charge in [0.05, 0.1) is 6.20 Å². The highest BCUT2D eigenvalue weighted by Crippen LogP contribution is 2.26. The molecule has 1 saturated carbocycles. The molecule has 0 aliphatic heterocycles. The van der Waals surface area contributed by atoms with E-state index in [0.29, 0.717) is 17.8 Å². The number of hydrogen-bond donors (Lipinski definition) is 0. The summed E-state index contributed by atoms with van der Waals surface area (Å²) in [5.41, 5.74) is 3.25. The molecule has 0 atom stereocenters. The molecule has 26 heavy (non-hydrogen) atoms. The van der Waals surface area contributed by atoms with Gasteiger partial charge >= 0.3 is 0 Å². The minimum atomic E-state index is 0.00658. The van der Waals surface area contributed by atoms with Crippen molar-refractivity contribution < 1.29 is 4.79 Å². The molecule has 3 aromatic heterocycles. The van der Waals surface area contributed by atoms with Crippen LogP contribution in [0.4, 0.5) is 0 Å². The third kappa shape index (κ3) is 3.31. The monoisotopic (exact) mass is 349 g/mol. The number of carbonyl (C=O) groups excluding carboxylic acids is 1. The second kappa shape index (κ2) is 7.23. The first-order chi connectivity index (χ1) is 12.7. The van der Waals surface area contributed by atoms with Gasteiger partial charge in [0.2, 0.25) is 0 Å². The number of fused-ring (bicyclic) bond motifs is 1. The van der Waals surface area contributed by atoms with Crippen molar-refractivity contribution in [3.63, 3.8) is 0 Å². The van der Waals surface area contributed by atoms with Gasteiger partial charge in [0.25, 0.3) is 5.91 Å². The Morgan fingerprint density at radius 3 is 2.85 bits per heavy atom. The van der Waals surface area contributed by atoms with Gasteiger partial charge in [-0.05, 0) is 37.0 Å². The first-order valence-corrected chi connectivity index (χ1v) is 9.22. The third-order valence-electron chi connectivity index (χ3n) is 5.07. The van der Waals surface area contributed by atoms with Gasteiger partial charge < -0.3 is 4.90 Å². The fraction of sp³-hybridized carbons (Fsp3) is 0.400. The summed E-state index contributed by atoms with van der Waals surface area (Å²) in [6.07, 6.45) is 14.6. The van der Waals surface area contributed by atoms with Gasteiger partial charge in [0.15, 0.2) is 5.65 Å². The van der Waals surface area contributed by atoms with Crippen LogP contribution in [0.25, 0.3) is 5.65 Å². The van der Waals surface area contributed by atoms with Crippen LogP contribution in [-0.2, 0) is 6.54 Å². The van der Waals surface area contributed by atoms with Gasteiger partial charge in [-0.3, -0.25) is 9.78 Å². The van der Waals surface area contributed by atoms with Crippen molar-refractivity contribution in [3.05, 3.63) is 59.8 Å². The largest absolute Gasteiger partial charge is 0.331 e. The van der Waals surface area contributed by atoms with Gasteiger partial charge in [-0.15, -0.1) is 0 Å². The minimum Gasteiger partial charge on any atom is -0.331 e. The number of hydrogen-bond acceptors (Lipinski definition) is 4. The highest BCUT2D eigenvalue weighted by atomic mass is 16.2. The van der Waals surface area contributed by atoms with E-state index in [-0.39, 0.29) is 11.9 Å². The van der Waals surface area contributed by atoms with Gasteiger partial charge in [-0.25, -0.2) is 9.50 Å². The molecule has 1 fully saturated rings. The number of rotatable bonds is 4. The Bertz CT molecular complexity index is 899. The zero-order chi connectivity index (χ0) is 17.9. The minimum absolute atomic E-state index is 0.00658. The molecular formula is C20H23N5O. The Kier molecular flexibility index (Phi) is 4.65. The highest BCUT2D eigenvalue weighted by molar-refractivity contribution is 5.99. The lowest BCUT2D eigenvalue weighted by Gasteiger charge is -2.34. The van der Waals surface area contributed by atoms with E-state index in [9.17, 15) is 4.79 Å². The fourth-order valence-electron chi connectivity index (χ4n) is 3.72. The van der Waals surface area contributed by atoms with Gasteiger partial charge in [0.1, 0.15) is 5.56 Å². The summed E-state index contributed by atoms with van der Waals surface area (Å²) in [5, 5.41) is 4.33. The quantitative estimate of drug-likeness (QED) is 0.724. The van der Waals surface area contributed by atoms with Crippen LogP contribution in [0.3, 0.4) is 0 Å². The topological polar surface area (TPSA) is 63.4 Å². The second-order valence-corrected chi connectivity index (χ2v) is 7.04. The smallest absolute Gasteiger partial charge is 0.259 e. The molecule has 1 aliphatic rings. The molecule has 6 heteroatoms. The Morgan fingerprint density at radius 1 is 1.23 bits per heavy atom. The van der Waals surface area contributed by atoms with Crippen molar-refractivity contribution in [1.29, 1.82) is 0 Å². The SMILES string of the molecule is Cc1cnc2c(C(=O)N(Cc3cccnc3)C3CCCCC3)cnn2c1. The van der Waals surface area contributed by atoms with Crippen LogP contribution in [0.5, 0.6) is 0 Å². The van der Waals surface area contributed by atoms with Crippen LogP contribution in [0, 0.1) is 6.92 Å². The maximum atomic E-state index is 13.4. The number of amides is 1. The Hall–Kier alpha value is -2.76. The third-order valence-corrected chi connectivity index (χ3v) is 5.07. The molecule has 1 aliphatic carbocycles. The average molecular weight is 349 g/mol. The number of aromatic nitrogens is 4. The lowest BCUT2D eigenvalue weighted by atomic mass is 9.93. The normalized spacial score (nSPS) is 15.3. The summed E-state index contributed by atoms with van der Waals surface area (Å²) in [6, 6.07) is 4.20. The predicted octanol–water partition coefficient (Wildman–Crippen LogP) is 3.41. The first-order valence-electron chi connectivity index (χ1n) is 9.22. The van der Waals surface area contributed by atoms with Crippen LogP contribution in [-0.4, -0.2) is 36.4 Å². The first kappa shape index (κ1) is 16.7. The summed E-state index contributed by atoms with van der Waals surface area (Å²) in [6.45, 7) is 2.53. The van der Waals surface area contributed by atoms with Crippen molar-refractivity contribution in [1.82, 2.24) is 24.5 Å². The molecule has 0 saturated heterocycles. The number of pyridine rings is 1. The van der Waals surface area contributed by atoms with Crippen molar-refractivity contribution in [2.45, 2.75) is 51.6 Å². The number of carbonyl (C=O) groups is 1. The molecule has 134 valence electrons. The van der Waals surface area contributed by atoms with E-state index in [4.69, 9.17) is 0 Å². The van der Waals surface area contributed by atoms with Crippen molar-refractivity contribution in [2.75, 3.05) is 0 Å². The molecule has 4 rings (SSSR count). The fourth-order valence-corrected chi connectivity index (χ4v) is 3.72. The van der Waals surface area contributed by atoms with Crippen molar-refractivity contribution >= 4 is 11.6 Å². The lowest BCUT2D eigenvalue weighted by molar-refractivity contribution is 0.0616. The maximum absolute atomic E-state index is 13.4. The van der Waals surface area contributed by atoms with Crippen LogP contribution in [0.15, 0.2) is 43.1 Å². The molecule has 0 radical (unpaired) electrons. The van der Waals surface area contributed by atoms with E-state index < -0.39 is 0 Å². The summed E-state index contributed by atoms with van der Waals surface area (Å²) < 4.78 is 1.69. The zero-order valence-electron chi connectivity index (χ0n) is 15.0. The van der Waals surface area contributed by atoms with E-state index in [1.54, 1.807) is 23.1 Å². The van der Waals surface area contributed by atoms with Crippen LogP contribution in [0.2, 0.25) is 0 Å². The highest BCUT2D eigenvalue weighted by Gasteiger charge is 2.28. The summed E-state index contributed by atoms with van der Waals surface area (Å²) in [4.78, 5) is 24.1. The van der Waals surface area contributed by atoms with Crippen LogP contribution < -0.4 is 0 Å². The van der Waals surface area contributed by atoms with E-state index in [2.05, 4.69) is 15.1 Å². The zero-order valence-corrected chi connectivity index (χ0v) is 15.0. The Morgan fingerprint density at radius 2 is 2.08 bits per heavy atom. The summed E-state index contributed by atoms with van der Waals surface area (Å²) in [5.74, 6) is 0.00658. The maximum Gasteiger partial charge on any atom is 0.259 e.